The molecular formula is C40H27N3S. The molecule has 1 aliphatic heterocycles. The monoisotopic (exact) mass is 581 g/mol. The molecule has 6 aromatic carbocycles. The Morgan fingerprint density at radius 2 is 1.25 bits per heavy atom. The van der Waals surface area contributed by atoms with Gasteiger partial charge in [-0.3, -0.25) is 0 Å². The van der Waals surface area contributed by atoms with Crippen LogP contribution < -0.4 is 4.90 Å². The fraction of sp³-hybridized carbons (Fsp3) is 0.0750. The largest absolute Gasteiger partial charge is 0.310 e. The van der Waals surface area contributed by atoms with Gasteiger partial charge in [0.05, 0.1) is 44.4 Å². The van der Waals surface area contributed by atoms with E-state index in [1.807, 2.05) is 23.5 Å². The van der Waals surface area contributed by atoms with Crippen LogP contribution in [0.15, 0.2) is 127 Å². The van der Waals surface area contributed by atoms with Crippen molar-refractivity contribution in [1.82, 2.24) is 4.57 Å². The van der Waals surface area contributed by atoms with Crippen LogP contribution in [-0.4, -0.2) is 4.57 Å². The van der Waals surface area contributed by atoms with E-state index < -0.39 is 0 Å². The van der Waals surface area contributed by atoms with E-state index in [1.165, 1.54) is 48.4 Å². The minimum absolute atomic E-state index is 0.0892. The van der Waals surface area contributed by atoms with Crippen LogP contribution in [-0.2, 0) is 5.41 Å². The van der Waals surface area contributed by atoms with Gasteiger partial charge in [0, 0.05) is 37.3 Å². The van der Waals surface area contributed by atoms with Crippen molar-refractivity contribution in [2.75, 3.05) is 4.90 Å². The van der Waals surface area contributed by atoms with E-state index in [4.69, 9.17) is 0 Å². The third-order valence-corrected chi connectivity index (χ3v) is 10.6. The summed E-state index contributed by atoms with van der Waals surface area (Å²) in [6, 6.07) is 48.1. The molecule has 208 valence electrons. The van der Waals surface area contributed by atoms with E-state index in [0.29, 0.717) is 5.56 Å². The van der Waals surface area contributed by atoms with Crippen LogP contribution in [0.5, 0.6) is 0 Å². The summed E-state index contributed by atoms with van der Waals surface area (Å²) in [5, 5.41) is 14.4. The number of thiophene rings is 1. The van der Waals surface area contributed by atoms with E-state index in [-0.39, 0.29) is 5.41 Å². The molecule has 0 spiro atoms. The maximum atomic E-state index is 9.61. The summed E-state index contributed by atoms with van der Waals surface area (Å²) in [5.74, 6) is 0. The molecule has 0 saturated carbocycles. The van der Waals surface area contributed by atoms with Gasteiger partial charge in [-0.25, -0.2) is 0 Å². The van der Waals surface area contributed by atoms with Gasteiger partial charge in [-0.05, 0) is 71.8 Å². The highest BCUT2D eigenvalue weighted by Gasteiger charge is 2.36. The molecule has 8 aromatic rings. The predicted molar refractivity (Wildman–Crippen MR) is 185 cm³/mol. The molecule has 0 aliphatic carbocycles. The van der Waals surface area contributed by atoms with E-state index in [9.17, 15) is 5.26 Å². The minimum Gasteiger partial charge on any atom is -0.310 e. The summed E-state index contributed by atoms with van der Waals surface area (Å²) in [5.41, 5.74) is 10.3. The van der Waals surface area contributed by atoms with Gasteiger partial charge in [0.1, 0.15) is 0 Å². The molecule has 0 amide bonds. The fourth-order valence-corrected chi connectivity index (χ4v) is 8.52. The highest BCUT2D eigenvalue weighted by molar-refractivity contribution is 7.26. The lowest BCUT2D eigenvalue weighted by molar-refractivity contribution is 0.632. The second kappa shape index (κ2) is 9.07. The van der Waals surface area contributed by atoms with Crippen molar-refractivity contribution in [3.05, 3.63) is 144 Å². The molecule has 0 radical (unpaired) electrons. The quantitative estimate of drug-likeness (QED) is 0.203. The van der Waals surface area contributed by atoms with E-state index in [1.54, 1.807) is 0 Å². The maximum Gasteiger partial charge on any atom is 0.0991 e. The Morgan fingerprint density at radius 1 is 0.591 bits per heavy atom. The van der Waals surface area contributed by atoms with E-state index in [2.05, 4.69) is 145 Å². The molecule has 9 rings (SSSR count). The Labute approximate surface area is 259 Å². The molecule has 0 fully saturated rings. The van der Waals surface area contributed by atoms with Crippen LogP contribution in [0.3, 0.4) is 0 Å². The molecule has 4 heteroatoms. The minimum atomic E-state index is -0.0892. The Kier molecular flexibility index (Phi) is 5.18. The molecule has 1 aliphatic rings. The zero-order chi connectivity index (χ0) is 29.6. The number of fused-ring (bicyclic) bond motifs is 8. The van der Waals surface area contributed by atoms with Crippen molar-refractivity contribution < 1.29 is 0 Å². The van der Waals surface area contributed by atoms with Gasteiger partial charge in [-0.15, -0.1) is 11.3 Å². The summed E-state index contributed by atoms with van der Waals surface area (Å²) in [4.78, 5) is 2.43. The number of anilines is 3. The summed E-state index contributed by atoms with van der Waals surface area (Å²) in [6.07, 6.45) is 0. The average Bonchev–Trinajstić information content (AvgIpc) is 3.60. The molecule has 0 bridgehead atoms. The summed E-state index contributed by atoms with van der Waals surface area (Å²) < 4.78 is 4.89. The number of rotatable bonds is 2. The van der Waals surface area contributed by atoms with Crippen molar-refractivity contribution >= 4 is 70.4 Å². The lowest BCUT2D eigenvalue weighted by atomic mass is 9.73. The molecule has 0 N–H and O–H groups in total. The molecule has 2 aromatic heterocycles. The molecule has 44 heavy (non-hydrogen) atoms. The highest BCUT2D eigenvalue weighted by Crippen LogP contribution is 2.52. The normalized spacial score (nSPS) is 13.8. The van der Waals surface area contributed by atoms with E-state index >= 15 is 0 Å². The van der Waals surface area contributed by atoms with Crippen molar-refractivity contribution in [3.8, 4) is 11.8 Å². The first-order valence-corrected chi connectivity index (χ1v) is 15.7. The third-order valence-electron chi connectivity index (χ3n) is 9.40. The number of benzene rings is 6. The Balaban J connectivity index is 1.29. The lowest BCUT2D eigenvalue weighted by Gasteiger charge is -2.42. The van der Waals surface area contributed by atoms with Crippen LogP contribution in [0.4, 0.5) is 17.1 Å². The van der Waals surface area contributed by atoms with Crippen molar-refractivity contribution in [1.29, 1.82) is 5.26 Å². The molecule has 0 unspecified atom stereocenters. The van der Waals surface area contributed by atoms with Gasteiger partial charge >= 0.3 is 0 Å². The van der Waals surface area contributed by atoms with Crippen molar-refractivity contribution in [2.45, 2.75) is 19.3 Å². The summed E-state index contributed by atoms with van der Waals surface area (Å²) >= 11 is 1.85. The zero-order valence-electron chi connectivity index (χ0n) is 24.4. The van der Waals surface area contributed by atoms with Gasteiger partial charge < -0.3 is 9.47 Å². The SMILES string of the molecule is CC1(C)c2ccccc2N(c2ccc3sc4c(-n5c6ccccc6c6cc(C#N)ccc65)cccc4c3c2)c2ccccc21. The lowest BCUT2D eigenvalue weighted by Crippen LogP contribution is -2.30. The number of nitrogens with zero attached hydrogens (tertiary/aromatic N) is 3. The predicted octanol–water partition coefficient (Wildman–Crippen LogP) is 11.1. The average molecular weight is 582 g/mol. The van der Waals surface area contributed by atoms with Gasteiger partial charge in [0.25, 0.3) is 0 Å². The van der Waals surface area contributed by atoms with Gasteiger partial charge in [0.2, 0.25) is 0 Å². The van der Waals surface area contributed by atoms with Gasteiger partial charge in [-0.2, -0.15) is 5.26 Å². The third kappa shape index (κ3) is 3.36. The van der Waals surface area contributed by atoms with Crippen LogP contribution in [0, 0.1) is 11.3 Å². The number of para-hydroxylation sites is 3. The first-order valence-electron chi connectivity index (χ1n) is 14.9. The Morgan fingerprint density at radius 3 is 2.02 bits per heavy atom. The fourth-order valence-electron chi connectivity index (χ4n) is 7.34. The second-order valence-corrected chi connectivity index (χ2v) is 13.2. The first kappa shape index (κ1) is 25.2. The Bertz CT molecular complexity index is 2460. The first-order chi connectivity index (χ1) is 21.5. The molecule has 3 heterocycles. The summed E-state index contributed by atoms with van der Waals surface area (Å²) in [6.45, 7) is 4.66. The zero-order valence-corrected chi connectivity index (χ0v) is 25.2. The van der Waals surface area contributed by atoms with Crippen LogP contribution in [0.25, 0.3) is 47.7 Å². The number of hydrogen-bond acceptors (Lipinski definition) is 3. The molecule has 0 saturated heterocycles. The Hall–Kier alpha value is -5.37. The van der Waals surface area contributed by atoms with Crippen LogP contribution in [0.1, 0.15) is 30.5 Å². The number of nitriles is 1. The molecule has 3 nitrogen and oxygen atoms in total. The van der Waals surface area contributed by atoms with Crippen molar-refractivity contribution in [2.24, 2.45) is 0 Å². The van der Waals surface area contributed by atoms with Crippen LogP contribution >= 0.6 is 11.3 Å². The topological polar surface area (TPSA) is 32.0 Å². The highest BCUT2D eigenvalue weighted by atomic mass is 32.1. The van der Waals surface area contributed by atoms with Gasteiger partial charge in [-0.1, -0.05) is 80.6 Å². The van der Waals surface area contributed by atoms with E-state index in [0.717, 1.165) is 27.5 Å². The number of hydrogen-bond donors (Lipinski definition) is 0. The smallest absolute Gasteiger partial charge is 0.0991 e. The number of aromatic nitrogens is 1. The second-order valence-electron chi connectivity index (χ2n) is 12.1. The van der Waals surface area contributed by atoms with Crippen LogP contribution in [0.2, 0.25) is 0 Å². The standard InChI is InChI=1S/C40H27N3S/c1-40(2)31-12-4-7-15-35(31)42(36-16-8-5-13-32(36)40)26-19-21-38-30(23-26)28-11-9-17-37(39(28)44-38)43-33-14-6-3-10-27(33)29-22-25(24-41)18-20-34(29)43/h3-23H,1-2H3. The summed E-state index contributed by atoms with van der Waals surface area (Å²) in [7, 11) is 0. The van der Waals surface area contributed by atoms with Crippen molar-refractivity contribution in [3.63, 3.8) is 0 Å². The molecular weight excluding hydrogens is 555 g/mol. The molecule has 0 atom stereocenters. The maximum absolute atomic E-state index is 9.61. The van der Waals surface area contributed by atoms with Gasteiger partial charge in [0.15, 0.2) is 0 Å².